The quantitative estimate of drug-likeness (QED) is 0.483. The normalized spacial score (nSPS) is 18.2. The Bertz CT molecular complexity index is 578. The smallest absolute Gasteiger partial charge is 0.319 e. The number of carbonyl (C=O) groups is 2. The molecule has 8 nitrogen and oxygen atoms in total. The van der Waals surface area contributed by atoms with Gasteiger partial charge in [-0.1, -0.05) is 11.6 Å². The van der Waals surface area contributed by atoms with Crippen LogP contribution in [0.25, 0.3) is 0 Å². The molecule has 106 valence electrons. The van der Waals surface area contributed by atoms with E-state index in [1.807, 2.05) is 0 Å². The van der Waals surface area contributed by atoms with Gasteiger partial charge in [-0.15, -0.1) is 0 Å². The number of nitro groups is 1. The zero-order valence-corrected chi connectivity index (χ0v) is 11.0. The second kappa shape index (κ2) is 5.83. The lowest BCUT2D eigenvalue weighted by atomic mass is 10.1. The lowest BCUT2D eigenvalue weighted by Gasteiger charge is -2.22. The molecule has 0 aromatic carbocycles. The molecular formula is C11H11ClN4O4. The van der Waals surface area contributed by atoms with Gasteiger partial charge in [-0.25, -0.2) is 4.98 Å². The molecule has 1 aromatic heterocycles. The van der Waals surface area contributed by atoms with E-state index in [1.165, 1.54) is 12.3 Å². The molecule has 1 aliphatic heterocycles. The SMILES string of the molecule is O=C(NC1CCCNC1=O)c1ccnc(Cl)c1[N+](=O)[O-]. The molecule has 1 unspecified atom stereocenters. The molecule has 2 N–H and O–H groups in total. The third-order valence-corrected chi connectivity index (χ3v) is 3.17. The largest absolute Gasteiger partial charge is 0.354 e. The number of rotatable bonds is 3. The molecule has 9 heteroatoms. The van der Waals surface area contributed by atoms with Gasteiger partial charge in [0.1, 0.15) is 11.6 Å². The minimum absolute atomic E-state index is 0.214. The average Bonchev–Trinajstić information content (AvgIpc) is 2.40. The number of piperidine rings is 1. The van der Waals surface area contributed by atoms with Crippen LogP contribution < -0.4 is 10.6 Å². The lowest BCUT2D eigenvalue weighted by molar-refractivity contribution is -0.385. The number of hydrogen-bond acceptors (Lipinski definition) is 5. The maximum absolute atomic E-state index is 12.1. The van der Waals surface area contributed by atoms with E-state index in [-0.39, 0.29) is 16.6 Å². The fourth-order valence-corrected chi connectivity index (χ4v) is 2.16. The number of pyridine rings is 1. The Morgan fingerprint density at radius 1 is 1.60 bits per heavy atom. The van der Waals surface area contributed by atoms with E-state index in [2.05, 4.69) is 15.6 Å². The number of aromatic nitrogens is 1. The van der Waals surface area contributed by atoms with Crippen molar-refractivity contribution in [2.45, 2.75) is 18.9 Å². The van der Waals surface area contributed by atoms with Crippen LogP contribution in [0.4, 0.5) is 5.69 Å². The van der Waals surface area contributed by atoms with Crippen LogP contribution in [0.3, 0.4) is 0 Å². The first-order valence-electron chi connectivity index (χ1n) is 5.88. The molecule has 0 aliphatic carbocycles. The fourth-order valence-electron chi connectivity index (χ4n) is 1.93. The number of hydrogen-bond donors (Lipinski definition) is 2. The summed E-state index contributed by atoms with van der Waals surface area (Å²) >= 11 is 5.63. The summed E-state index contributed by atoms with van der Waals surface area (Å²) in [6.45, 7) is 0.562. The zero-order valence-electron chi connectivity index (χ0n) is 10.3. The summed E-state index contributed by atoms with van der Waals surface area (Å²) in [5, 5.41) is 15.6. The summed E-state index contributed by atoms with van der Waals surface area (Å²) in [5.41, 5.74) is -0.781. The molecule has 1 aromatic rings. The van der Waals surface area contributed by atoms with Crippen molar-refractivity contribution in [3.05, 3.63) is 33.1 Å². The first-order chi connectivity index (χ1) is 9.50. The Morgan fingerprint density at radius 3 is 3.00 bits per heavy atom. The predicted molar refractivity (Wildman–Crippen MR) is 69.4 cm³/mol. The highest BCUT2D eigenvalue weighted by Crippen LogP contribution is 2.26. The molecule has 2 heterocycles. The van der Waals surface area contributed by atoms with E-state index < -0.39 is 22.6 Å². The maximum atomic E-state index is 12.1. The van der Waals surface area contributed by atoms with E-state index in [0.717, 1.165) is 6.42 Å². The molecule has 2 amide bonds. The molecular weight excluding hydrogens is 288 g/mol. The minimum Gasteiger partial charge on any atom is -0.354 e. The number of nitrogens with one attached hydrogen (secondary N) is 2. The van der Waals surface area contributed by atoms with Crippen molar-refractivity contribution < 1.29 is 14.5 Å². The molecule has 2 rings (SSSR count). The molecule has 0 saturated carbocycles. The van der Waals surface area contributed by atoms with Gasteiger partial charge >= 0.3 is 5.69 Å². The van der Waals surface area contributed by atoms with E-state index >= 15 is 0 Å². The average molecular weight is 299 g/mol. The van der Waals surface area contributed by atoms with E-state index in [4.69, 9.17) is 11.6 Å². The summed E-state index contributed by atoms with van der Waals surface area (Å²) in [6, 6.07) is 0.503. The Kier molecular flexibility index (Phi) is 4.14. The van der Waals surface area contributed by atoms with Gasteiger partial charge in [0, 0.05) is 12.7 Å². The van der Waals surface area contributed by atoms with Gasteiger partial charge in [0.2, 0.25) is 11.1 Å². The summed E-state index contributed by atoms with van der Waals surface area (Å²) in [5.74, 6) is -1.02. The van der Waals surface area contributed by atoms with Crippen LogP contribution in [0.2, 0.25) is 5.15 Å². The van der Waals surface area contributed by atoms with Gasteiger partial charge in [0.25, 0.3) is 5.91 Å². The Morgan fingerprint density at radius 2 is 2.35 bits per heavy atom. The second-order valence-electron chi connectivity index (χ2n) is 4.21. The zero-order chi connectivity index (χ0) is 14.7. The van der Waals surface area contributed by atoms with Crippen LogP contribution in [-0.4, -0.2) is 34.3 Å². The third-order valence-electron chi connectivity index (χ3n) is 2.90. The Balaban J connectivity index is 2.23. The summed E-state index contributed by atoms with van der Waals surface area (Å²) < 4.78 is 0. The van der Waals surface area contributed by atoms with E-state index in [0.29, 0.717) is 13.0 Å². The molecule has 0 radical (unpaired) electrons. The molecule has 1 fully saturated rings. The van der Waals surface area contributed by atoms with Gasteiger partial charge in [-0.05, 0) is 18.9 Å². The third kappa shape index (κ3) is 2.85. The second-order valence-corrected chi connectivity index (χ2v) is 4.57. The highest BCUT2D eigenvalue weighted by molar-refractivity contribution is 6.32. The first-order valence-corrected chi connectivity index (χ1v) is 6.26. The van der Waals surface area contributed by atoms with Gasteiger partial charge in [0.15, 0.2) is 0 Å². The standard InChI is InChI=1S/C11H11ClN4O4/c12-9-8(16(19)20)6(3-5-13-9)10(17)15-7-2-1-4-14-11(7)18/h3,5,7H,1-2,4H2,(H,14,18)(H,15,17). The number of amides is 2. The maximum Gasteiger partial charge on any atom is 0.319 e. The van der Waals surface area contributed by atoms with Crippen molar-refractivity contribution in [3.63, 3.8) is 0 Å². The van der Waals surface area contributed by atoms with Crippen molar-refractivity contribution in [3.8, 4) is 0 Å². The molecule has 1 saturated heterocycles. The summed E-state index contributed by atoms with van der Waals surface area (Å²) in [7, 11) is 0. The van der Waals surface area contributed by atoms with Crippen molar-refractivity contribution in [2.75, 3.05) is 6.54 Å². The number of nitrogens with zero attached hydrogens (tertiary/aromatic N) is 2. The first kappa shape index (κ1) is 14.2. The van der Waals surface area contributed by atoms with Gasteiger partial charge in [0.05, 0.1) is 4.92 Å². The molecule has 1 atom stereocenters. The van der Waals surface area contributed by atoms with Gasteiger partial charge in [-0.2, -0.15) is 0 Å². The van der Waals surface area contributed by atoms with Crippen LogP contribution in [-0.2, 0) is 4.79 Å². The number of halogens is 1. The lowest BCUT2D eigenvalue weighted by Crippen LogP contribution is -2.50. The summed E-state index contributed by atoms with van der Waals surface area (Å²) in [4.78, 5) is 37.3. The van der Waals surface area contributed by atoms with Crippen LogP contribution in [0.1, 0.15) is 23.2 Å². The molecule has 0 bridgehead atoms. The molecule has 20 heavy (non-hydrogen) atoms. The molecule has 0 spiro atoms. The number of carbonyl (C=O) groups excluding carboxylic acids is 2. The highest BCUT2D eigenvalue weighted by atomic mass is 35.5. The van der Waals surface area contributed by atoms with Crippen LogP contribution in [0.15, 0.2) is 12.3 Å². The Hall–Kier alpha value is -2.22. The van der Waals surface area contributed by atoms with E-state index in [9.17, 15) is 19.7 Å². The monoisotopic (exact) mass is 298 g/mol. The molecule has 1 aliphatic rings. The fraction of sp³-hybridized carbons (Fsp3) is 0.364. The highest BCUT2D eigenvalue weighted by Gasteiger charge is 2.29. The predicted octanol–water partition coefficient (Wildman–Crippen LogP) is 0.652. The van der Waals surface area contributed by atoms with E-state index in [1.54, 1.807) is 0 Å². The van der Waals surface area contributed by atoms with Crippen LogP contribution in [0, 0.1) is 10.1 Å². The van der Waals surface area contributed by atoms with Crippen molar-refractivity contribution in [1.29, 1.82) is 0 Å². The van der Waals surface area contributed by atoms with Crippen molar-refractivity contribution in [2.24, 2.45) is 0 Å². The van der Waals surface area contributed by atoms with Crippen molar-refractivity contribution in [1.82, 2.24) is 15.6 Å². The minimum atomic E-state index is -0.773. The van der Waals surface area contributed by atoms with Crippen molar-refractivity contribution >= 4 is 29.1 Å². The van der Waals surface area contributed by atoms with Gasteiger partial charge < -0.3 is 10.6 Å². The van der Waals surface area contributed by atoms with Crippen LogP contribution in [0.5, 0.6) is 0 Å². The topological polar surface area (TPSA) is 114 Å². The van der Waals surface area contributed by atoms with Gasteiger partial charge in [-0.3, -0.25) is 19.7 Å². The van der Waals surface area contributed by atoms with Crippen LogP contribution >= 0.6 is 11.6 Å². The Labute approximate surface area is 118 Å². The summed E-state index contributed by atoms with van der Waals surface area (Å²) in [6.07, 6.45) is 2.42.